The van der Waals surface area contributed by atoms with Gasteiger partial charge in [-0.2, -0.15) is 5.10 Å². The topological polar surface area (TPSA) is 137 Å². The highest BCUT2D eigenvalue weighted by atomic mass is 32.1. The van der Waals surface area contributed by atoms with Crippen LogP contribution in [0, 0.1) is 20.2 Å². The number of hydrogen-bond acceptors (Lipinski definition) is 9. The second kappa shape index (κ2) is 7.28. The number of thiophene rings is 1. The number of anilines is 1. The van der Waals surface area contributed by atoms with E-state index in [0.29, 0.717) is 9.75 Å². The Balaban J connectivity index is 2.16. The molecule has 124 valence electrons. The summed E-state index contributed by atoms with van der Waals surface area (Å²) in [6.45, 7) is 0. The first-order valence-corrected chi connectivity index (χ1v) is 7.14. The number of methoxy groups -OCH3 is 1. The van der Waals surface area contributed by atoms with Crippen LogP contribution in [0.15, 0.2) is 35.4 Å². The van der Waals surface area contributed by atoms with Gasteiger partial charge in [0.1, 0.15) is 10.6 Å². The number of ether oxygens (including phenoxy) is 1. The second-order valence-electron chi connectivity index (χ2n) is 4.28. The predicted molar refractivity (Wildman–Crippen MR) is 86.6 cm³/mol. The van der Waals surface area contributed by atoms with E-state index in [-0.39, 0.29) is 5.69 Å². The van der Waals surface area contributed by atoms with Gasteiger partial charge in [-0.1, -0.05) is 0 Å². The maximum atomic E-state index is 11.3. The van der Waals surface area contributed by atoms with Crippen LogP contribution in [0.5, 0.6) is 0 Å². The van der Waals surface area contributed by atoms with Crippen LogP contribution >= 0.6 is 11.3 Å². The Morgan fingerprint density at radius 1 is 1.25 bits per heavy atom. The van der Waals surface area contributed by atoms with Gasteiger partial charge in [-0.05, 0) is 18.2 Å². The van der Waals surface area contributed by atoms with E-state index < -0.39 is 27.2 Å². The van der Waals surface area contributed by atoms with E-state index in [4.69, 9.17) is 0 Å². The van der Waals surface area contributed by atoms with Crippen LogP contribution in [0.4, 0.5) is 17.1 Å². The Morgan fingerprint density at radius 2 is 2.00 bits per heavy atom. The SMILES string of the molecule is COC(=O)c1ccc(/C=N\Nc2ccc([N+](=O)[O-])cc2[N+](=O)[O-])s1. The molecule has 1 N–H and O–H groups in total. The number of rotatable bonds is 6. The number of non-ortho nitro benzene ring substituents is 1. The molecule has 2 aromatic rings. The largest absolute Gasteiger partial charge is 0.465 e. The number of nitro benzene ring substituents is 2. The van der Waals surface area contributed by atoms with Crippen LogP contribution < -0.4 is 5.43 Å². The van der Waals surface area contributed by atoms with Gasteiger partial charge in [-0.3, -0.25) is 25.7 Å². The summed E-state index contributed by atoms with van der Waals surface area (Å²) in [4.78, 5) is 32.5. The van der Waals surface area contributed by atoms with Gasteiger partial charge in [0.05, 0.1) is 29.2 Å². The molecule has 10 nitrogen and oxygen atoms in total. The predicted octanol–water partition coefficient (Wildman–Crippen LogP) is 2.80. The van der Waals surface area contributed by atoms with Gasteiger partial charge in [-0.15, -0.1) is 11.3 Å². The maximum Gasteiger partial charge on any atom is 0.348 e. The van der Waals surface area contributed by atoms with E-state index in [1.54, 1.807) is 12.1 Å². The highest BCUT2D eigenvalue weighted by Crippen LogP contribution is 2.28. The van der Waals surface area contributed by atoms with Gasteiger partial charge in [0.25, 0.3) is 5.69 Å². The number of nitro groups is 2. The van der Waals surface area contributed by atoms with E-state index >= 15 is 0 Å². The Labute approximate surface area is 138 Å². The molecule has 0 aliphatic rings. The van der Waals surface area contributed by atoms with Crippen LogP contribution in [-0.4, -0.2) is 29.1 Å². The van der Waals surface area contributed by atoms with Gasteiger partial charge >= 0.3 is 11.7 Å². The number of carbonyl (C=O) groups excluding carboxylic acids is 1. The Morgan fingerprint density at radius 3 is 2.62 bits per heavy atom. The average Bonchev–Trinajstić information content (AvgIpc) is 3.02. The van der Waals surface area contributed by atoms with Crippen molar-refractivity contribution in [2.24, 2.45) is 5.10 Å². The maximum absolute atomic E-state index is 11.3. The fourth-order valence-corrected chi connectivity index (χ4v) is 2.48. The summed E-state index contributed by atoms with van der Waals surface area (Å²) < 4.78 is 4.58. The van der Waals surface area contributed by atoms with E-state index in [9.17, 15) is 25.0 Å². The number of nitrogens with zero attached hydrogens (tertiary/aromatic N) is 3. The van der Waals surface area contributed by atoms with Crippen LogP contribution in [0.2, 0.25) is 0 Å². The lowest BCUT2D eigenvalue weighted by atomic mass is 10.2. The van der Waals surface area contributed by atoms with Gasteiger partial charge in [0.15, 0.2) is 0 Å². The highest BCUT2D eigenvalue weighted by molar-refractivity contribution is 7.15. The number of carbonyl (C=O) groups is 1. The van der Waals surface area contributed by atoms with Crippen LogP contribution in [0.3, 0.4) is 0 Å². The van der Waals surface area contributed by atoms with Crippen molar-refractivity contribution in [1.29, 1.82) is 0 Å². The lowest BCUT2D eigenvalue weighted by Crippen LogP contribution is -1.98. The first-order chi connectivity index (χ1) is 11.4. The van der Waals surface area contributed by atoms with Crippen molar-refractivity contribution < 1.29 is 19.4 Å². The highest BCUT2D eigenvalue weighted by Gasteiger charge is 2.19. The van der Waals surface area contributed by atoms with E-state index in [1.165, 1.54) is 19.4 Å². The molecule has 0 fully saturated rings. The zero-order valence-electron chi connectivity index (χ0n) is 12.2. The van der Waals surface area contributed by atoms with Gasteiger partial charge in [-0.25, -0.2) is 4.79 Å². The molecule has 0 bridgehead atoms. The van der Waals surface area contributed by atoms with Crippen LogP contribution in [-0.2, 0) is 4.74 Å². The summed E-state index contributed by atoms with van der Waals surface area (Å²) in [7, 11) is 1.27. The number of hydrogen-bond donors (Lipinski definition) is 1. The molecule has 0 saturated carbocycles. The summed E-state index contributed by atoms with van der Waals surface area (Å²) in [5, 5.41) is 25.5. The number of esters is 1. The van der Waals surface area contributed by atoms with Crippen molar-refractivity contribution in [3.05, 3.63) is 60.3 Å². The number of nitrogens with one attached hydrogen (secondary N) is 1. The number of hydrazone groups is 1. The molecule has 0 saturated heterocycles. The monoisotopic (exact) mass is 350 g/mol. The minimum Gasteiger partial charge on any atom is -0.465 e. The molecule has 1 aromatic heterocycles. The van der Waals surface area contributed by atoms with Crippen molar-refractivity contribution in [3.8, 4) is 0 Å². The molecule has 1 heterocycles. The summed E-state index contributed by atoms with van der Waals surface area (Å²) in [6.07, 6.45) is 1.36. The lowest BCUT2D eigenvalue weighted by Gasteiger charge is -2.01. The van der Waals surface area contributed by atoms with Crippen LogP contribution in [0.1, 0.15) is 14.5 Å². The molecule has 0 atom stereocenters. The molecule has 0 aliphatic carbocycles. The van der Waals surface area contributed by atoms with Crippen molar-refractivity contribution in [2.45, 2.75) is 0 Å². The Hall–Kier alpha value is -3.34. The van der Waals surface area contributed by atoms with Crippen molar-refractivity contribution in [1.82, 2.24) is 0 Å². The summed E-state index contributed by atoms with van der Waals surface area (Å²) in [5.41, 5.74) is 1.60. The first kappa shape index (κ1) is 17.0. The fraction of sp³-hybridized carbons (Fsp3) is 0.0769. The molecule has 0 radical (unpaired) electrons. The second-order valence-corrected chi connectivity index (χ2v) is 5.39. The molecule has 2 rings (SSSR count). The molecule has 1 aromatic carbocycles. The van der Waals surface area contributed by atoms with E-state index in [1.807, 2.05) is 0 Å². The van der Waals surface area contributed by atoms with Crippen LogP contribution in [0.25, 0.3) is 0 Å². The standard InChI is InChI=1S/C13H10N4O6S/c1-23-13(18)12-5-3-9(24-12)7-14-15-10-4-2-8(16(19)20)6-11(10)17(21)22/h2-7,15H,1H3/b14-7-. The molecular formula is C13H10N4O6S. The Kier molecular flexibility index (Phi) is 5.16. The minimum atomic E-state index is -0.745. The van der Waals surface area contributed by atoms with E-state index in [0.717, 1.165) is 23.5 Å². The molecule has 0 unspecified atom stereocenters. The Bertz CT molecular complexity index is 832. The van der Waals surface area contributed by atoms with Gasteiger partial charge < -0.3 is 4.74 Å². The molecule has 24 heavy (non-hydrogen) atoms. The minimum absolute atomic E-state index is 0.00611. The third-order valence-electron chi connectivity index (χ3n) is 2.78. The van der Waals surface area contributed by atoms with E-state index in [2.05, 4.69) is 15.3 Å². The lowest BCUT2D eigenvalue weighted by molar-refractivity contribution is -0.393. The van der Waals surface area contributed by atoms with Gasteiger partial charge in [0, 0.05) is 10.9 Å². The van der Waals surface area contributed by atoms with Crippen molar-refractivity contribution in [2.75, 3.05) is 12.5 Å². The van der Waals surface area contributed by atoms with Gasteiger partial charge in [0.2, 0.25) is 0 Å². The average molecular weight is 350 g/mol. The normalized spacial score (nSPS) is 10.5. The molecular weight excluding hydrogens is 340 g/mol. The molecule has 11 heteroatoms. The zero-order valence-corrected chi connectivity index (χ0v) is 13.0. The van der Waals surface area contributed by atoms with Crippen molar-refractivity contribution >= 4 is 40.6 Å². The summed E-state index contributed by atoms with van der Waals surface area (Å²) >= 11 is 1.13. The quantitative estimate of drug-likeness (QED) is 0.366. The molecule has 0 aliphatic heterocycles. The third-order valence-corrected chi connectivity index (χ3v) is 3.78. The summed E-state index contributed by atoms with van der Waals surface area (Å²) in [6, 6.07) is 6.37. The smallest absolute Gasteiger partial charge is 0.348 e. The first-order valence-electron chi connectivity index (χ1n) is 6.32. The summed E-state index contributed by atoms with van der Waals surface area (Å²) in [5.74, 6) is -0.474. The fourth-order valence-electron chi connectivity index (χ4n) is 1.68. The zero-order chi connectivity index (χ0) is 17.7. The third kappa shape index (κ3) is 3.89. The number of benzene rings is 1. The molecule has 0 amide bonds. The van der Waals surface area contributed by atoms with Crippen molar-refractivity contribution in [3.63, 3.8) is 0 Å². The molecule has 0 spiro atoms.